The van der Waals surface area contributed by atoms with E-state index in [1.54, 1.807) is 17.5 Å². The zero-order valence-corrected chi connectivity index (χ0v) is 14.3. The van der Waals surface area contributed by atoms with Crippen LogP contribution in [0.4, 0.5) is 13.2 Å². The summed E-state index contributed by atoms with van der Waals surface area (Å²) in [5.74, 6) is -5.72. The molecule has 0 spiro atoms. The van der Waals surface area contributed by atoms with Gasteiger partial charge in [0.25, 0.3) is 0 Å². The van der Waals surface area contributed by atoms with E-state index < -0.39 is 43.0 Å². The summed E-state index contributed by atoms with van der Waals surface area (Å²) in [5, 5.41) is 12.1. The summed E-state index contributed by atoms with van der Waals surface area (Å²) < 4.78 is 40.0. The van der Waals surface area contributed by atoms with Crippen molar-refractivity contribution >= 4 is 44.9 Å². The predicted octanol–water partition coefficient (Wildman–Crippen LogP) is 3.82. The minimum absolute atomic E-state index is 0.0861. The molecule has 1 fully saturated rings. The number of carboxylic acid groups (broad SMARTS) is 1. The summed E-state index contributed by atoms with van der Waals surface area (Å²) in [5.41, 5.74) is 0.676. The van der Waals surface area contributed by atoms with Gasteiger partial charge in [0.2, 0.25) is 5.91 Å². The van der Waals surface area contributed by atoms with Gasteiger partial charge in [-0.1, -0.05) is 11.6 Å². The van der Waals surface area contributed by atoms with Crippen molar-refractivity contribution in [2.24, 2.45) is 11.8 Å². The van der Waals surface area contributed by atoms with Gasteiger partial charge in [-0.25, -0.2) is 0 Å². The first kappa shape index (κ1) is 18.0. The van der Waals surface area contributed by atoms with E-state index in [2.05, 4.69) is 0 Å². The molecule has 9 heteroatoms. The quantitative estimate of drug-likeness (QED) is 0.865. The number of alkyl halides is 3. The molecule has 1 aliphatic rings. The second-order valence-electron chi connectivity index (χ2n) is 5.97. The Morgan fingerprint density at radius 2 is 2.04 bits per heavy atom. The molecule has 4 nitrogen and oxygen atoms in total. The number of carbonyl (C=O) groups excluding carboxylic acids is 1. The summed E-state index contributed by atoms with van der Waals surface area (Å²) in [6.07, 6.45) is -4.74. The SMILES string of the molecule is O=C(O)[C@@H]1CN(C(=O)Cc2csc3ccc(Cl)cc23)C[C@H]1C(F)(F)F. The fourth-order valence-electron chi connectivity index (χ4n) is 3.05. The van der Waals surface area contributed by atoms with E-state index in [1.807, 2.05) is 6.07 Å². The third-order valence-electron chi connectivity index (χ3n) is 4.37. The Morgan fingerprint density at radius 3 is 2.64 bits per heavy atom. The lowest BCUT2D eigenvalue weighted by Crippen LogP contribution is -2.34. The van der Waals surface area contributed by atoms with Crippen molar-refractivity contribution < 1.29 is 27.9 Å². The molecular weight excluding hydrogens is 379 g/mol. The van der Waals surface area contributed by atoms with E-state index >= 15 is 0 Å². The molecule has 0 saturated carbocycles. The van der Waals surface area contributed by atoms with Gasteiger partial charge in [-0.15, -0.1) is 11.3 Å². The summed E-state index contributed by atoms with van der Waals surface area (Å²) in [4.78, 5) is 24.5. The molecular formula is C16H13ClF3NO3S. The zero-order chi connectivity index (χ0) is 18.4. The average Bonchev–Trinajstić information content (AvgIpc) is 3.11. The molecule has 2 heterocycles. The van der Waals surface area contributed by atoms with Crippen molar-refractivity contribution in [3.8, 4) is 0 Å². The molecule has 1 N–H and O–H groups in total. The Kier molecular flexibility index (Phi) is 4.68. The van der Waals surface area contributed by atoms with Crippen LogP contribution in [0.3, 0.4) is 0 Å². The number of halogens is 4. The maximum absolute atomic E-state index is 13.0. The standard InChI is InChI=1S/C16H13ClF3NO3S/c17-9-1-2-13-10(4-9)8(7-25-13)3-14(22)21-5-11(15(23)24)12(6-21)16(18,19)20/h1-2,4,7,11-12H,3,5-6H2,(H,23,24)/t11-,12-/m1/s1. The third-order valence-corrected chi connectivity index (χ3v) is 5.61. The van der Waals surface area contributed by atoms with Crippen LogP contribution in [0.1, 0.15) is 5.56 Å². The van der Waals surface area contributed by atoms with Crippen LogP contribution in [-0.4, -0.2) is 41.1 Å². The van der Waals surface area contributed by atoms with Crippen molar-refractivity contribution in [3.05, 3.63) is 34.2 Å². The second-order valence-corrected chi connectivity index (χ2v) is 7.32. The highest BCUT2D eigenvalue weighted by Crippen LogP contribution is 2.38. The molecule has 0 aliphatic carbocycles. The Hall–Kier alpha value is -1.80. The fraction of sp³-hybridized carbons (Fsp3) is 0.375. The topological polar surface area (TPSA) is 57.6 Å². The van der Waals surface area contributed by atoms with Gasteiger partial charge in [0.05, 0.1) is 18.3 Å². The summed E-state index contributed by atoms with van der Waals surface area (Å²) in [6.45, 7) is -1.05. The molecule has 0 radical (unpaired) electrons. The van der Waals surface area contributed by atoms with E-state index in [0.29, 0.717) is 10.6 Å². The molecule has 1 saturated heterocycles. The number of amides is 1. The Labute approximate surface area is 149 Å². The second kappa shape index (κ2) is 6.49. The molecule has 1 aromatic carbocycles. The lowest BCUT2D eigenvalue weighted by Gasteiger charge is -2.18. The van der Waals surface area contributed by atoms with E-state index in [4.69, 9.17) is 16.7 Å². The number of benzene rings is 1. The Balaban J connectivity index is 1.79. The van der Waals surface area contributed by atoms with Crippen molar-refractivity contribution in [1.29, 1.82) is 0 Å². The summed E-state index contributed by atoms with van der Waals surface area (Å²) in [6, 6.07) is 5.24. The third kappa shape index (κ3) is 3.59. The molecule has 134 valence electrons. The van der Waals surface area contributed by atoms with Crippen LogP contribution in [0.5, 0.6) is 0 Å². The largest absolute Gasteiger partial charge is 0.481 e. The minimum Gasteiger partial charge on any atom is -0.481 e. The van der Waals surface area contributed by atoms with Crippen LogP contribution in [-0.2, 0) is 16.0 Å². The van der Waals surface area contributed by atoms with Gasteiger partial charge in [-0.2, -0.15) is 13.2 Å². The van der Waals surface area contributed by atoms with Crippen LogP contribution in [0, 0.1) is 11.8 Å². The Bertz CT molecular complexity index is 836. The van der Waals surface area contributed by atoms with Crippen molar-refractivity contribution in [2.75, 3.05) is 13.1 Å². The van der Waals surface area contributed by atoms with Crippen LogP contribution in [0.25, 0.3) is 10.1 Å². The molecule has 0 bridgehead atoms. The highest BCUT2D eigenvalue weighted by atomic mass is 35.5. The maximum atomic E-state index is 13.0. The first-order valence-electron chi connectivity index (χ1n) is 7.39. The van der Waals surface area contributed by atoms with Gasteiger partial charge in [0.15, 0.2) is 0 Å². The molecule has 1 aliphatic heterocycles. The molecule has 2 atom stereocenters. The lowest BCUT2D eigenvalue weighted by atomic mass is 9.96. The number of fused-ring (bicyclic) bond motifs is 1. The summed E-state index contributed by atoms with van der Waals surface area (Å²) >= 11 is 7.37. The van der Waals surface area contributed by atoms with Crippen LogP contribution in [0.2, 0.25) is 5.02 Å². The molecule has 2 aromatic rings. The van der Waals surface area contributed by atoms with Gasteiger partial charge in [0, 0.05) is 22.8 Å². The first-order valence-corrected chi connectivity index (χ1v) is 8.65. The van der Waals surface area contributed by atoms with Gasteiger partial charge < -0.3 is 10.0 Å². The van der Waals surface area contributed by atoms with Crippen LogP contribution < -0.4 is 0 Å². The van der Waals surface area contributed by atoms with Crippen LogP contribution >= 0.6 is 22.9 Å². The van der Waals surface area contributed by atoms with Gasteiger partial charge >= 0.3 is 12.1 Å². The number of carbonyl (C=O) groups is 2. The van der Waals surface area contributed by atoms with Crippen LogP contribution in [0.15, 0.2) is 23.6 Å². The van der Waals surface area contributed by atoms with Crippen molar-refractivity contribution in [1.82, 2.24) is 4.90 Å². The lowest BCUT2D eigenvalue weighted by molar-refractivity contribution is -0.188. The smallest absolute Gasteiger partial charge is 0.394 e. The van der Waals surface area contributed by atoms with E-state index in [-0.39, 0.29) is 6.42 Å². The normalized spacial score (nSPS) is 21.0. The first-order chi connectivity index (χ1) is 11.7. The number of nitrogens with zero attached hydrogens (tertiary/aromatic N) is 1. The van der Waals surface area contributed by atoms with E-state index in [1.165, 1.54) is 11.3 Å². The van der Waals surface area contributed by atoms with E-state index in [0.717, 1.165) is 15.0 Å². The van der Waals surface area contributed by atoms with Crippen molar-refractivity contribution in [2.45, 2.75) is 12.6 Å². The number of carboxylic acids is 1. The van der Waals surface area contributed by atoms with Gasteiger partial charge in [0.1, 0.15) is 0 Å². The molecule has 25 heavy (non-hydrogen) atoms. The number of likely N-dealkylation sites (tertiary alicyclic amines) is 1. The number of hydrogen-bond donors (Lipinski definition) is 1. The highest BCUT2D eigenvalue weighted by Gasteiger charge is 2.53. The van der Waals surface area contributed by atoms with Gasteiger partial charge in [-0.05, 0) is 34.5 Å². The maximum Gasteiger partial charge on any atom is 0.394 e. The number of hydrogen-bond acceptors (Lipinski definition) is 3. The number of rotatable bonds is 3. The molecule has 1 aromatic heterocycles. The van der Waals surface area contributed by atoms with Gasteiger partial charge in [-0.3, -0.25) is 9.59 Å². The Morgan fingerprint density at radius 1 is 1.32 bits per heavy atom. The average molecular weight is 392 g/mol. The fourth-order valence-corrected chi connectivity index (χ4v) is 4.17. The van der Waals surface area contributed by atoms with E-state index in [9.17, 15) is 22.8 Å². The highest BCUT2D eigenvalue weighted by molar-refractivity contribution is 7.17. The molecule has 1 amide bonds. The monoisotopic (exact) mass is 391 g/mol. The molecule has 0 unspecified atom stereocenters. The minimum atomic E-state index is -4.65. The zero-order valence-electron chi connectivity index (χ0n) is 12.7. The number of thiophene rings is 1. The number of aliphatic carboxylic acids is 1. The summed E-state index contributed by atoms with van der Waals surface area (Å²) in [7, 11) is 0. The molecule has 3 rings (SSSR count). The predicted molar refractivity (Wildman–Crippen MR) is 87.8 cm³/mol. The van der Waals surface area contributed by atoms with Crippen molar-refractivity contribution in [3.63, 3.8) is 0 Å².